The highest BCUT2D eigenvalue weighted by atomic mass is 79.9. The molecule has 0 saturated carbocycles. The van der Waals surface area contributed by atoms with E-state index in [0.29, 0.717) is 37.6 Å². The Balaban J connectivity index is 1.40. The van der Waals surface area contributed by atoms with E-state index in [-0.39, 0.29) is 12.5 Å². The van der Waals surface area contributed by atoms with E-state index in [4.69, 9.17) is 19.6 Å². The number of aryl methyl sites for hydroxylation is 1. The molecule has 0 spiro atoms. The average Bonchev–Trinajstić information content (AvgIpc) is 3.44. The number of unbranched alkanes of at least 4 members (excludes halogenated alkanes) is 1. The second kappa shape index (κ2) is 15.7. The van der Waals surface area contributed by atoms with Gasteiger partial charge in [-0.15, -0.1) is 0 Å². The highest BCUT2D eigenvalue weighted by molar-refractivity contribution is 9.10. The maximum Gasteiger partial charge on any atom is 0.266 e. The molecule has 2 atom stereocenters. The number of halogens is 1. The zero-order valence-electron chi connectivity index (χ0n) is 24.6. The lowest BCUT2D eigenvalue weighted by atomic mass is 9.82. The molecule has 5 rings (SSSR count). The van der Waals surface area contributed by atoms with Crippen molar-refractivity contribution in [3.63, 3.8) is 0 Å². The maximum absolute atomic E-state index is 14.3. The molecule has 8 heteroatoms. The predicted octanol–water partition coefficient (Wildman–Crippen LogP) is 6.35. The van der Waals surface area contributed by atoms with E-state index in [2.05, 4.69) is 51.0 Å². The third-order valence-corrected chi connectivity index (χ3v) is 8.32. The maximum atomic E-state index is 14.3. The van der Waals surface area contributed by atoms with Crippen molar-refractivity contribution < 1.29 is 19.4 Å². The molecule has 7 nitrogen and oxygen atoms in total. The summed E-state index contributed by atoms with van der Waals surface area (Å²) in [4.78, 5) is 19.4. The molecule has 4 aromatic rings. The number of benzene rings is 4. The Labute approximate surface area is 267 Å². The van der Waals surface area contributed by atoms with Crippen molar-refractivity contribution >= 4 is 27.7 Å². The normalized spacial score (nSPS) is 17.5. The van der Waals surface area contributed by atoms with Crippen molar-refractivity contribution in [3.8, 4) is 5.75 Å². The fourth-order valence-electron chi connectivity index (χ4n) is 5.29. The number of rotatable bonds is 15. The number of aliphatic hydroxyl groups excluding tert-OH is 1. The van der Waals surface area contributed by atoms with E-state index in [1.165, 1.54) is 5.56 Å². The van der Waals surface area contributed by atoms with Crippen molar-refractivity contribution in [1.29, 1.82) is 0 Å². The number of hydrazine groups is 1. The zero-order valence-corrected chi connectivity index (χ0v) is 26.2. The van der Waals surface area contributed by atoms with Crippen LogP contribution in [0.3, 0.4) is 0 Å². The predicted molar refractivity (Wildman–Crippen MR) is 177 cm³/mol. The smallest absolute Gasteiger partial charge is 0.266 e. The lowest BCUT2D eigenvalue weighted by molar-refractivity contribution is -0.130. The summed E-state index contributed by atoms with van der Waals surface area (Å²) >= 11 is 3.70. The average molecular weight is 657 g/mol. The van der Waals surface area contributed by atoms with Crippen LogP contribution in [0.1, 0.15) is 47.6 Å². The van der Waals surface area contributed by atoms with E-state index in [1.807, 2.05) is 84.9 Å². The lowest BCUT2D eigenvalue weighted by Gasteiger charge is -2.31. The van der Waals surface area contributed by atoms with Crippen LogP contribution in [0.4, 0.5) is 0 Å². The van der Waals surface area contributed by atoms with Crippen LogP contribution < -0.4 is 15.6 Å². The largest absolute Gasteiger partial charge is 0.494 e. The van der Waals surface area contributed by atoms with Gasteiger partial charge in [0.15, 0.2) is 11.6 Å². The van der Waals surface area contributed by atoms with Gasteiger partial charge in [0.2, 0.25) is 5.90 Å². The molecule has 228 valence electrons. The standard InChI is InChI=1S/C36H38BrN3O4/c37-32-18-8-7-17-31(32)33-36(26-28-15-5-2-6-16-28,35(42)40-38-23-10-9-14-27-12-3-1-4-13-27)39-34(44-33)29-19-21-30(22-20-29)43-25-11-24-41/h1-8,12-13,15-22,33,38,41H,9-11,14,23-26H2,(H,40,42)/t33-,36-/m0/s1. The number of nitrogens with zero attached hydrogens (tertiary/aromatic N) is 1. The number of aliphatic hydroxyl groups is 1. The van der Waals surface area contributed by atoms with Crippen LogP contribution >= 0.6 is 15.9 Å². The minimum absolute atomic E-state index is 0.0767. The lowest BCUT2D eigenvalue weighted by Crippen LogP contribution is -2.54. The van der Waals surface area contributed by atoms with Gasteiger partial charge in [-0.2, -0.15) is 0 Å². The Morgan fingerprint density at radius 3 is 2.25 bits per heavy atom. The number of nitrogens with one attached hydrogen (secondary N) is 2. The number of amides is 1. The van der Waals surface area contributed by atoms with E-state index >= 15 is 0 Å². The summed E-state index contributed by atoms with van der Waals surface area (Å²) in [6, 6.07) is 35.6. The van der Waals surface area contributed by atoms with Crippen molar-refractivity contribution in [3.05, 3.63) is 136 Å². The Kier molecular flexibility index (Phi) is 11.2. The third kappa shape index (κ3) is 7.94. The molecule has 3 N–H and O–H groups in total. The number of aliphatic imine (C=N–C) groups is 1. The van der Waals surface area contributed by atoms with Gasteiger partial charge in [-0.05, 0) is 60.7 Å². The molecule has 0 aromatic heterocycles. The zero-order chi connectivity index (χ0) is 30.6. The van der Waals surface area contributed by atoms with Crippen LogP contribution in [0, 0.1) is 0 Å². The fourth-order valence-corrected chi connectivity index (χ4v) is 5.78. The van der Waals surface area contributed by atoms with Crippen molar-refractivity contribution in [2.24, 2.45) is 4.99 Å². The summed E-state index contributed by atoms with van der Waals surface area (Å²) in [6.45, 7) is 1.14. The quantitative estimate of drug-likeness (QED) is 0.102. The summed E-state index contributed by atoms with van der Waals surface area (Å²) in [5.74, 6) is 0.818. The molecule has 0 unspecified atom stereocenters. The number of carbonyl (C=O) groups excluding carboxylic acids is 1. The van der Waals surface area contributed by atoms with Gasteiger partial charge >= 0.3 is 0 Å². The molecule has 0 fully saturated rings. The molecule has 1 heterocycles. The number of hydrogen-bond acceptors (Lipinski definition) is 6. The summed E-state index contributed by atoms with van der Waals surface area (Å²) in [5.41, 5.74) is 8.73. The van der Waals surface area contributed by atoms with E-state index < -0.39 is 11.6 Å². The van der Waals surface area contributed by atoms with Crippen LogP contribution in [0.15, 0.2) is 119 Å². The van der Waals surface area contributed by atoms with Gasteiger partial charge in [-0.3, -0.25) is 10.2 Å². The highest BCUT2D eigenvalue weighted by Crippen LogP contribution is 2.44. The number of hydrogen-bond donors (Lipinski definition) is 3. The Morgan fingerprint density at radius 2 is 1.55 bits per heavy atom. The van der Waals surface area contributed by atoms with Crippen LogP contribution in [-0.4, -0.2) is 42.2 Å². The first-order chi connectivity index (χ1) is 21.6. The number of carbonyl (C=O) groups is 1. The van der Waals surface area contributed by atoms with Crippen LogP contribution in [0.25, 0.3) is 0 Å². The molecular weight excluding hydrogens is 618 g/mol. The molecule has 1 amide bonds. The second-order valence-electron chi connectivity index (χ2n) is 10.8. The highest BCUT2D eigenvalue weighted by Gasteiger charge is 2.53. The molecule has 44 heavy (non-hydrogen) atoms. The van der Waals surface area contributed by atoms with E-state index in [0.717, 1.165) is 40.4 Å². The third-order valence-electron chi connectivity index (χ3n) is 7.60. The molecule has 1 aliphatic heterocycles. The Morgan fingerprint density at radius 1 is 0.864 bits per heavy atom. The summed E-state index contributed by atoms with van der Waals surface area (Å²) in [7, 11) is 0. The second-order valence-corrected chi connectivity index (χ2v) is 11.7. The SMILES string of the molecule is O=C(NNCCCCc1ccccc1)[C@@]1(Cc2ccccc2)N=C(c2ccc(OCCCO)cc2)O[C@H]1c1ccccc1Br. The summed E-state index contributed by atoms with van der Waals surface area (Å²) < 4.78 is 13.2. The minimum atomic E-state index is -1.28. The van der Waals surface area contributed by atoms with Gasteiger partial charge in [0.05, 0.1) is 6.61 Å². The molecule has 1 aliphatic rings. The molecular formula is C36H38BrN3O4. The first kappa shape index (κ1) is 31.4. The fraction of sp³-hybridized carbons (Fsp3) is 0.278. The molecule has 4 aromatic carbocycles. The van der Waals surface area contributed by atoms with Gasteiger partial charge in [0.25, 0.3) is 5.91 Å². The van der Waals surface area contributed by atoms with Gasteiger partial charge in [0.1, 0.15) is 5.75 Å². The van der Waals surface area contributed by atoms with Crippen molar-refractivity contribution in [2.75, 3.05) is 19.8 Å². The van der Waals surface area contributed by atoms with Crippen molar-refractivity contribution in [1.82, 2.24) is 10.9 Å². The first-order valence-electron chi connectivity index (χ1n) is 15.1. The molecule has 0 saturated heterocycles. The van der Waals surface area contributed by atoms with Crippen LogP contribution in [0.2, 0.25) is 0 Å². The summed E-state index contributed by atoms with van der Waals surface area (Å²) in [6.07, 6.45) is 3.12. The van der Waals surface area contributed by atoms with E-state index in [1.54, 1.807) is 0 Å². The van der Waals surface area contributed by atoms with Gasteiger partial charge < -0.3 is 14.6 Å². The Bertz CT molecular complexity index is 1520. The van der Waals surface area contributed by atoms with Gasteiger partial charge in [-0.1, -0.05) is 94.8 Å². The number of ether oxygens (including phenoxy) is 2. The van der Waals surface area contributed by atoms with E-state index in [9.17, 15) is 4.79 Å². The van der Waals surface area contributed by atoms with Crippen molar-refractivity contribution in [2.45, 2.75) is 43.7 Å². The van der Waals surface area contributed by atoms with Gasteiger partial charge in [-0.25, -0.2) is 10.4 Å². The Hall–Kier alpha value is -3.98. The molecule has 0 aliphatic carbocycles. The molecule has 0 radical (unpaired) electrons. The van der Waals surface area contributed by atoms with Gasteiger partial charge in [0, 0.05) is 41.6 Å². The summed E-state index contributed by atoms with van der Waals surface area (Å²) in [5, 5.41) is 9.05. The first-order valence-corrected chi connectivity index (χ1v) is 15.8. The monoisotopic (exact) mass is 655 g/mol. The van der Waals surface area contributed by atoms with Crippen LogP contribution in [0.5, 0.6) is 5.75 Å². The van der Waals surface area contributed by atoms with Crippen LogP contribution in [-0.2, 0) is 22.4 Å². The molecule has 0 bridgehead atoms. The minimum Gasteiger partial charge on any atom is -0.494 e. The topological polar surface area (TPSA) is 92.2 Å².